The third-order valence-corrected chi connectivity index (χ3v) is 8.90. The molecule has 0 N–H and O–H groups in total. The van der Waals surface area contributed by atoms with Gasteiger partial charge in [0.25, 0.3) is 0 Å². The van der Waals surface area contributed by atoms with Crippen LogP contribution in [-0.4, -0.2) is 36.0 Å². The number of rotatable bonds is 10. The number of hydrogen-bond donors (Lipinski definition) is 0. The van der Waals surface area contributed by atoms with Crippen LogP contribution < -0.4 is 0 Å². The van der Waals surface area contributed by atoms with E-state index < -0.39 is 7.60 Å². The van der Waals surface area contributed by atoms with E-state index in [1.54, 1.807) is 35.9 Å². The Hall–Kier alpha value is -0.300. The Morgan fingerprint density at radius 1 is 1.15 bits per heavy atom. The predicted molar refractivity (Wildman–Crippen MR) is 111 cm³/mol. The van der Waals surface area contributed by atoms with Crippen molar-refractivity contribution in [1.29, 1.82) is 0 Å². The smallest absolute Gasteiger partial charge is 0.359 e. The lowest BCUT2D eigenvalue weighted by molar-refractivity contribution is 0.115. The average Bonchev–Trinajstić information content (AvgIpc) is 2.63. The summed E-state index contributed by atoms with van der Waals surface area (Å²) in [6.45, 7) is 9.11. The summed E-state index contributed by atoms with van der Waals surface area (Å²) in [6, 6.07) is 3.94. The summed E-state index contributed by atoms with van der Waals surface area (Å²) in [7, 11) is -3.39. The quantitative estimate of drug-likeness (QED) is 0.442. The number of ether oxygens (including phenoxy) is 1. The van der Waals surface area contributed by atoms with Crippen molar-refractivity contribution in [2.24, 2.45) is 0 Å². The molecule has 0 aliphatic carbocycles. The largest absolute Gasteiger partial charge is 0.367 e. The van der Waals surface area contributed by atoms with Gasteiger partial charge in [-0.05, 0) is 50.6 Å². The minimum absolute atomic E-state index is 0.0210. The first-order valence-corrected chi connectivity index (χ1v) is 12.4. The third kappa shape index (κ3) is 5.37. The van der Waals surface area contributed by atoms with Crippen molar-refractivity contribution in [1.82, 2.24) is 4.98 Å². The molecule has 0 aromatic carbocycles. The summed E-state index contributed by atoms with van der Waals surface area (Å²) >= 11 is 3.32. The predicted octanol–water partition coefficient (Wildman–Crippen LogP) is 5.85. The fraction of sp³-hybridized carbons (Fsp3) is 0.611. The summed E-state index contributed by atoms with van der Waals surface area (Å²) in [5.74, 6) is 0.806. The van der Waals surface area contributed by atoms with Crippen molar-refractivity contribution in [3.63, 3.8) is 0 Å². The number of pyridine rings is 1. The monoisotopic (exact) mass is 417 g/mol. The van der Waals surface area contributed by atoms with Crippen molar-refractivity contribution in [3.05, 3.63) is 39.6 Å². The summed E-state index contributed by atoms with van der Waals surface area (Å²) in [6.07, 6.45) is 4.27. The molecular formula is C18H28NO4PS2. The van der Waals surface area contributed by atoms with Gasteiger partial charge in [-0.3, -0.25) is 9.55 Å². The van der Waals surface area contributed by atoms with E-state index in [1.165, 1.54) is 0 Å². The van der Waals surface area contributed by atoms with Crippen LogP contribution in [0.25, 0.3) is 0 Å². The lowest BCUT2D eigenvalue weighted by Crippen LogP contribution is -2.21. The molecular weight excluding hydrogens is 389 g/mol. The average molecular weight is 418 g/mol. The second-order valence-electron chi connectivity index (χ2n) is 5.51. The van der Waals surface area contributed by atoms with Crippen LogP contribution in [0.4, 0.5) is 0 Å². The van der Waals surface area contributed by atoms with Crippen molar-refractivity contribution in [3.8, 4) is 0 Å². The zero-order chi connectivity index (χ0) is 19.0. The maximum atomic E-state index is 13.7. The van der Waals surface area contributed by atoms with Gasteiger partial charge in [-0.25, -0.2) is 0 Å². The lowest BCUT2D eigenvalue weighted by Gasteiger charge is -2.35. The van der Waals surface area contributed by atoms with Gasteiger partial charge in [-0.1, -0.05) is 18.7 Å². The molecule has 0 radical (unpaired) electrons. The van der Waals surface area contributed by atoms with E-state index in [0.717, 1.165) is 27.3 Å². The summed E-state index contributed by atoms with van der Waals surface area (Å²) in [5, 5.41) is 0.778. The molecule has 0 amide bonds. The van der Waals surface area contributed by atoms with Crippen molar-refractivity contribution in [2.75, 3.05) is 25.6 Å². The minimum atomic E-state index is -3.39. The molecule has 1 aromatic rings. The van der Waals surface area contributed by atoms with Crippen molar-refractivity contribution >= 4 is 31.1 Å². The van der Waals surface area contributed by atoms with Gasteiger partial charge < -0.3 is 13.8 Å². The van der Waals surface area contributed by atoms with Crippen LogP contribution in [0.5, 0.6) is 0 Å². The second-order valence-corrected chi connectivity index (χ2v) is 10.2. The SMILES string of the molecule is CCO[C@@H]1C[C@@H](c2ccncc2)C(P(=O)(OCC)OCC)=C(SCC)S1. The van der Waals surface area contributed by atoms with E-state index in [4.69, 9.17) is 13.8 Å². The summed E-state index contributed by atoms with van der Waals surface area (Å²) in [5.41, 5.74) is 1.08. The topological polar surface area (TPSA) is 57.7 Å². The molecule has 0 spiro atoms. The Morgan fingerprint density at radius 3 is 2.35 bits per heavy atom. The van der Waals surface area contributed by atoms with Gasteiger partial charge in [0.2, 0.25) is 0 Å². The fourth-order valence-electron chi connectivity index (χ4n) is 2.91. The van der Waals surface area contributed by atoms with E-state index in [-0.39, 0.29) is 11.4 Å². The molecule has 1 aliphatic rings. The van der Waals surface area contributed by atoms with Crippen LogP contribution in [-0.2, 0) is 18.3 Å². The number of thioether (sulfide) groups is 2. The molecule has 2 atom stereocenters. The maximum Gasteiger partial charge on any atom is 0.359 e. The van der Waals surface area contributed by atoms with Gasteiger partial charge in [0.15, 0.2) is 0 Å². The Bertz CT molecular complexity index is 631. The molecule has 146 valence electrons. The number of allylic oxidation sites excluding steroid dienone is 1. The summed E-state index contributed by atoms with van der Waals surface area (Å²) in [4.78, 5) is 4.12. The zero-order valence-corrected chi connectivity index (χ0v) is 18.4. The highest BCUT2D eigenvalue weighted by Gasteiger charge is 2.43. The number of aromatic nitrogens is 1. The Labute approximate surface area is 165 Å². The van der Waals surface area contributed by atoms with Crippen LogP contribution >= 0.6 is 31.1 Å². The van der Waals surface area contributed by atoms with Gasteiger partial charge in [0.1, 0.15) is 5.44 Å². The molecule has 0 bridgehead atoms. The van der Waals surface area contributed by atoms with Gasteiger partial charge >= 0.3 is 7.60 Å². The minimum Gasteiger partial charge on any atom is -0.367 e. The van der Waals surface area contributed by atoms with Gasteiger partial charge in [0.05, 0.1) is 22.8 Å². The lowest BCUT2D eigenvalue weighted by atomic mass is 9.96. The zero-order valence-electron chi connectivity index (χ0n) is 15.8. The van der Waals surface area contributed by atoms with Crippen molar-refractivity contribution in [2.45, 2.75) is 45.5 Å². The van der Waals surface area contributed by atoms with Crippen LogP contribution in [0.1, 0.15) is 45.6 Å². The number of hydrogen-bond acceptors (Lipinski definition) is 7. The molecule has 1 aliphatic heterocycles. The van der Waals surface area contributed by atoms with E-state index in [9.17, 15) is 4.57 Å². The molecule has 5 nitrogen and oxygen atoms in total. The van der Waals surface area contributed by atoms with Gasteiger partial charge in [0, 0.05) is 24.9 Å². The highest BCUT2D eigenvalue weighted by Crippen LogP contribution is 2.67. The fourth-order valence-corrected chi connectivity index (χ4v) is 8.32. The normalized spacial score (nSPS) is 21.2. The molecule has 0 unspecified atom stereocenters. The first-order chi connectivity index (χ1) is 12.6. The maximum absolute atomic E-state index is 13.7. The Balaban J connectivity index is 2.58. The van der Waals surface area contributed by atoms with Crippen LogP contribution in [0, 0.1) is 0 Å². The molecule has 0 saturated carbocycles. The number of nitrogens with zero attached hydrogens (tertiary/aromatic N) is 1. The highest BCUT2D eigenvalue weighted by molar-refractivity contribution is 8.22. The molecule has 0 saturated heterocycles. The van der Waals surface area contributed by atoms with E-state index >= 15 is 0 Å². The van der Waals surface area contributed by atoms with Crippen molar-refractivity contribution < 1.29 is 18.3 Å². The Morgan fingerprint density at radius 2 is 1.81 bits per heavy atom. The van der Waals surface area contributed by atoms with Crippen LogP contribution in [0.15, 0.2) is 34.1 Å². The molecule has 2 heterocycles. The molecule has 1 aromatic heterocycles. The van der Waals surface area contributed by atoms with Gasteiger partial charge in [-0.15, -0.1) is 11.8 Å². The molecule has 26 heavy (non-hydrogen) atoms. The second kappa shape index (κ2) is 10.9. The summed E-state index contributed by atoms with van der Waals surface area (Å²) < 4.78 is 32.1. The standard InChI is InChI=1S/C18H28NO4PS2/c1-5-21-16-13-15(14-9-11-19-12-10-14)17(18(26-16)25-8-4)24(20,22-6-2)23-7-3/h9-12,15-16H,5-8,13H2,1-4H3/t15-,16-/m0/s1. The van der Waals surface area contributed by atoms with Gasteiger partial charge in [-0.2, -0.15) is 0 Å². The van der Waals surface area contributed by atoms with Crippen LogP contribution in [0.2, 0.25) is 0 Å². The van der Waals surface area contributed by atoms with Crippen LogP contribution in [0.3, 0.4) is 0 Å². The van der Waals surface area contributed by atoms with E-state index in [1.807, 2.05) is 32.9 Å². The molecule has 2 rings (SSSR count). The van der Waals surface area contributed by atoms with E-state index in [0.29, 0.717) is 19.8 Å². The molecule has 8 heteroatoms. The molecule has 0 fully saturated rings. The van der Waals surface area contributed by atoms with E-state index in [2.05, 4.69) is 11.9 Å². The third-order valence-electron chi connectivity index (χ3n) is 3.84. The highest BCUT2D eigenvalue weighted by atomic mass is 32.2. The Kier molecular flexibility index (Phi) is 9.21. The first kappa shape index (κ1) is 22.0. The first-order valence-electron chi connectivity index (χ1n) is 9.04.